The molecular formula is C16H31NO2. The maximum Gasteiger partial charge on any atom is 0.305 e. The summed E-state index contributed by atoms with van der Waals surface area (Å²) in [4.78, 5) is 11.1. The second-order valence-electron chi connectivity index (χ2n) is 5.70. The molecule has 1 aliphatic carbocycles. The Bertz CT molecular complexity index is 235. The second-order valence-corrected chi connectivity index (χ2v) is 5.70. The molecule has 19 heavy (non-hydrogen) atoms. The van der Waals surface area contributed by atoms with E-state index in [0.29, 0.717) is 13.0 Å². The van der Waals surface area contributed by atoms with Gasteiger partial charge < -0.3 is 10.1 Å². The Balaban J connectivity index is 1.90. The number of carbonyl (C=O) groups is 1. The number of unbranched alkanes of at least 4 members (excludes halogenated alkanes) is 2. The Morgan fingerprint density at radius 1 is 1.11 bits per heavy atom. The minimum atomic E-state index is -0.0478. The van der Waals surface area contributed by atoms with Crippen molar-refractivity contribution in [3.63, 3.8) is 0 Å². The molecule has 0 aromatic carbocycles. The smallest absolute Gasteiger partial charge is 0.305 e. The molecule has 3 heteroatoms. The van der Waals surface area contributed by atoms with E-state index in [1.165, 1.54) is 38.5 Å². The third-order valence-electron chi connectivity index (χ3n) is 4.22. The fourth-order valence-electron chi connectivity index (χ4n) is 2.89. The highest BCUT2D eigenvalue weighted by Crippen LogP contribution is 2.26. The second kappa shape index (κ2) is 10.2. The van der Waals surface area contributed by atoms with Gasteiger partial charge in [0.15, 0.2) is 0 Å². The summed E-state index contributed by atoms with van der Waals surface area (Å²) in [7, 11) is 0. The molecule has 0 aliphatic heterocycles. The normalized spacial score (nSPS) is 23.3. The first-order chi connectivity index (χ1) is 9.26. The quantitative estimate of drug-likeness (QED) is 0.513. The highest BCUT2D eigenvalue weighted by Gasteiger charge is 2.18. The lowest BCUT2D eigenvalue weighted by Gasteiger charge is -2.28. The summed E-state index contributed by atoms with van der Waals surface area (Å²) in [6.07, 6.45) is 10.7. The molecule has 0 atom stereocenters. The minimum absolute atomic E-state index is 0.0478. The molecule has 3 nitrogen and oxygen atoms in total. The maximum absolute atomic E-state index is 11.1. The van der Waals surface area contributed by atoms with Gasteiger partial charge >= 0.3 is 5.97 Å². The molecular weight excluding hydrogens is 238 g/mol. The molecule has 0 saturated heterocycles. The van der Waals surface area contributed by atoms with Gasteiger partial charge in [0.25, 0.3) is 0 Å². The monoisotopic (exact) mass is 269 g/mol. The number of carbonyl (C=O) groups excluding carboxylic acids is 1. The Morgan fingerprint density at radius 3 is 2.47 bits per heavy atom. The fraction of sp³-hybridized carbons (Fsp3) is 0.938. The summed E-state index contributed by atoms with van der Waals surface area (Å²) in [5.74, 6) is 0.927. The van der Waals surface area contributed by atoms with E-state index in [0.717, 1.165) is 31.3 Å². The Labute approximate surface area is 118 Å². The first-order valence-corrected chi connectivity index (χ1v) is 8.15. The van der Waals surface area contributed by atoms with Gasteiger partial charge in [0, 0.05) is 12.5 Å². The predicted molar refractivity (Wildman–Crippen MR) is 79.1 cm³/mol. The van der Waals surface area contributed by atoms with Crippen LogP contribution in [-0.2, 0) is 9.53 Å². The van der Waals surface area contributed by atoms with Crippen LogP contribution in [0.25, 0.3) is 0 Å². The van der Waals surface area contributed by atoms with Gasteiger partial charge in [0.2, 0.25) is 0 Å². The summed E-state index contributed by atoms with van der Waals surface area (Å²) in [6.45, 7) is 5.77. The molecule has 1 rings (SSSR count). The lowest BCUT2D eigenvalue weighted by molar-refractivity contribution is -0.143. The summed E-state index contributed by atoms with van der Waals surface area (Å²) < 4.78 is 4.91. The van der Waals surface area contributed by atoms with Crippen LogP contribution >= 0.6 is 0 Å². The SMILES string of the molecule is CCOC(=O)CCCCCNC1CCC(CC)CC1. The lowest BCUT2D eigenvalue weighted by atomic mass is 9.84. The summed E-state index contributed by atoms with van der Waals surface area (Å²) in [5.41, 5.74) is 0. The van der Waals surface area contributed by atoms with Crippen LogP contribution in [0.3, 0.4) is 0 Å². The number of esters is 1. The highest BCUT2D eigenvalue weighted by atomic mass is 16.5. The fourth-order valence-corrected chi connectivity index (χ4v) is 2.89. The zero-order valence-corrected chi connectivity index (χ0v) is 12.7. The number of hydrogen-bond donors (Lipinski definition) is 1. The molecule has 1 aliphatic rings. The molecule has 1 N–H and O–H groups in total. The van der Waals surface area contributed by atoms with Crippen molar-refractivity contribution in [1.29, 1.82) is 0 Å². The van der Waals surface area contributed by atoms with Gasteiger partial charge in [-0.15, -0.1) is 0 Å². The van der Waals surface area contributed by atoms with Gasteiger partial charge in [-0.1, -0.05) is 19.8 Å². The first-order valence-electron chi connectivity index (χ1n) is 8.15. The number of ether oxygens (including phenoxy) is 1. The standard InChI is InChI=1S/C16H31NO2/c1-3-14-9-11-15(12-10-14)17-13-7-5-6-8-16(18)19-4-2/h14-15,17H,3-13H2,1-2H3. The van der Waals surface area contributed by atoms with Crippen molar-refractivity contribution in [2.24, 2.45) is 5.92 Å². The predicted octanol–water partition coefficient (Wildman–Crippen LogP) is 3.67. The summed E-state index contributed by atoms with van der Waals surface area (Å²) in [6, 6.07) is 0.743. The maximum atomic E-state index is 11.1. The van der Waals surface area contributed by atoms with Crippen molar-refractivity contribution < 1.29 is 9.53 Å². The van der Waals surface area contributed by atoms with E-state index in [-0.39, 0.29) is 5.97 Å². The van der Waals surface area contributed by atoms with Gasteiger partial charge in [0.1, 0.15) is 0 Å². The van der Waals surface area contributed by atoms with Crippen molar-refractivity contribution >= 4 is 5.97 Å². The average molecular weight is 269 g/mol. The van der Waals surface area contributed by atoms with Crippen LogP contribution in [-0.4, -0.2) is 25.2 Å². The first kappa shape index (κ1) is 16.5. The van der Waals surface area contributed by atoms with Crippen LogP contribution in [0.15, 0.2) is 0 Å². The van der Waals surface area contributed by atoms with E-state index < -0.39 is 0 Å². The topological polar surface area (TPSA) is 38.3 Å². The van der Waals surface area contributed by atoms with E-state index >= 15 is 0 Å². The van der Waals surface area contributed by atoms with E-state index in [4.69, 9.17) is 4.74 Å². The van der Waals surface area contributed by atoms with Crippen LogP contribution in [0.5, 0.6) is 0 Å². The third kappa shape index (κ3) is 7.56. The van der Waals surface area contributed by atoms with Crippen molar-refractivity contribution in [3.05, 3.63) is 0 Å². The number of hydrogen-bond acceptors (Lipinski definition) is 3. The van der Waals surface area contributed by atoms with E-state index in [9.17, 15) is 4.79 Å². The molecule has 0 aromatic heterocycles. The molecule has 0 bridgehead atoms. The average Bonchev–Trinajstić information content (AvgIpc) is 2.43. The van der Waals surface area contributed by atoms with Crippen LogP contribution in [0.2, 0.25) is 0 Å². The van der Waals surface area contributed by atoms with Gasteiger partial charge in [-0.2, -0.15) is 0 Å². The molecule has 0 radical (unpaired) electrons. The van der Waals surface area contributed by atoms with Gasteiger partial charge in [0.05, 0.1) is 6.61 Å². The van der Waals surface area contributed by atoms with Crippen LogP contribution in [0.4, 0.5) is 0 Å². The van der Waals surface area contributed by atoms with E-state index in [1.807, 2.05) is 6.92 Å². The number of rotatable bonds is 9. The van der Waals surface area contributed by atoms with Gasteiger partial charge in [-0.3, -0.25) is 4.79 Å². The lowest BCUT2D eigenvalue weighted by Crippen LogP contribution is -2.33. The summed E-state index contributed by atoms with van der Waals surface area (Å²) >= 11 is 0. The number of nitrogens with one attached hydrogen (secondary N) is 1. The third-order valence-corrected chi connectivity index (χ3v) is 4.22. The van der Waals surface area contributed by atoms with Crippen molar-refractivity contribution in [3.8, 4) is 0 Å². The Morgan fingerprint density at radius 2 is 1.84 bits per heavy atom. The molecule has 0 unspecified atom stereocenters. The molecule has 0 aromatic rings. The van der Waals surface area contributed by atoms with Crippen LogP contribution in [0, 0.1) is 5.92 Å². The van der Waals surface area contributed by atoms with Crippen molar-refractivity contribution in [1.82, 2.24) is 5.32 Å². The zero-order valence-electron chi connectivity index (χ0n) is 12.7. The van der Waals surface area contributed by atoms with Gasteiger partial charge in [-0.25, -0.2) is 0 Å². The molecule has 1 saturated carbocycles. The van der Waals surface area contributed by atoms with Crippen LogP contribution in [0.1, 0.15) is 71.6 Å². The highest BCUT2D eigenvalue weighted by molar-refractivity contribution is 5.69. The molecule has 1 fully saturated rings. The molecule has 0 spiro atoms. The van der Waals surface area contributed by atoms with Crippen molar-refractivity contribution in [2.45, 2.75) is 77.7 Å². The molecule has 0 amide bonds. The zero-order chi connectivity index (χ0) is 13.9. The van der Waals surface area contributed by atoms with Crippen molar-refractivity contribution in [2.75, 3.05) is 13.2 Å². The summed E-state index contributed by atoms with van der Waals surface area (Å²) in [5, 5.41) is 3.66. The van der Waals surface area contributed by atoms with E-state index in [2.05, 4.69) is 12.2 Å². The molecule has 112 valence electrons. The van der Waals surface area contributed by atoms with Gasteiger partial charge in [-0.05, 0) is 57.9 Å². The van der Waals surface area contributed by atoms with E-state index in [1.54, 1.807) is 0 Å². The minimum Gasteiger partial charge on any atom is -0.466 e. The largest absolute Gasteiger partial charge is 0.466 e. The Hall–Kier alpha value is -0.570. The molecule has 0 heterocycles. The van der Waals surface area contributed by atoms with Crippen LogP contribution < -0.4 is 5.32 Å². The Kier molecular flexibility index (Phi) is 8.89.